The van der Waals surface area contributed by atoms with Gasteiger partial charge in [-0.05, 0) is 36.8 Å². The van der Waals surface area contributed by atoms with Crippen LogP contribution in [0.1, 0.15) is 33.8 Å². The van der Waals surface area contributed by atoms with E-state index < -0.39 is 25.0 Å². The third kappa shape index (κ3) is 4.88. The molecule has 0 saturated carbocycles. The standard InChI is InChI=1S/C21H21F3N2O3/c1-13-18(14(2)29-25-13)12-28-19-11-16-7-5-4-6-15(16)10-17(19)20(27)26(3)9-8-21(22,23)24/h4-7,10-11H,8-9,12H2,1-3H3. The molecule has 0 spiro atoms. The van der Waals surface area contributed by atoms with E-state index in [1.165, 1.54) is 7.05 Å². The van der Waals surface area contributed by atoms with Crippen molar-refractivity contribution >= 4 is 16.7 Å². The molecule has 8 heteroatoms. The second kappa shape index (κ2) is 8.14. The number of carbonyl (C=O) groups excluding carboxylic acids is 1. The molecule has 0 aliphatic heterocycles. The molecule has 3 aromatic rings. The van der Waals surface area contributed by atoms with Crippen LogP contribution in [0, 0.1) is 13.8 Å². The maximum absolute atomic E-state index is 12.9. The monoisotopic (exact) mass is 406 g/mol. The number of halogens is 3. The fraction of sp³-hybridized carbons (Fsp3) is 0.333. The van der Waals surface area contributed by atoms with E-state index >= 15 is 0 Å². The largest absolute Gasteiger partial charge is 0.488 e. The lowest BCUT2D eigenvalue weighted by Crippen LogP contribution is -2.30. The topological polar surface area (TPSA) is 55.6 Å². The minimum absolute atomic E-state index is 0.131. The van der Waals surface area contributed by atoms with Gasteiger partial charge >= 0.3 is 6.18 Å². The molecule has 0 fully saturated rings. The van der Waals surface area contributed by atoms with Gasteiger partial charge in [-0.3, -0.25) is 4.79 Å². The van der Waals surface area contributed by atoms with Gasteiger partial charge in [0.2, 0.25) is 0 Å². The number of ether oxygens (including phenoxy) is 1. The normalized spacial score (nSPS) is 11.7. The summed E-state index contributed by atoms with van der Waals surface area (Å²) in [5.41, 5.74) is 1.65. The molecule has 0 aliphatic rings. The van der Waals surface area contributed by atoms with Crippen LogP contribution < -0.4 is 4.74 Å². The summed E-state index contributed by atoms with van der Waals surface area (Å²) in [4.78, 5) is 13.9. The van der Waals surface area contributed by atoms with Gasteiger partial charge in [-0.2, -0.15) is 13.2 Å². The van der Waals surface area contributed by atoms with Crippen molar-refractivity contribution in [2.45, 2.75) is 33.1 Å². The number of alkyl halides is 3. The Kier molecular flexibility index (Phi) is 5.81. The third-order valence-electron chi connectivity index (χ3n) is 4.71. The van der Waals surface area contributed by atoms with Crippen molar-refractivity contribution in [3.63, 3.8) is 0 Å². The first kappa shape index (κ1) is 20.7. The molecular formula is C21H21F3N2O3. The molecule has 0 atom stereocenters. The van der Waals surface area contributed by atoms with Gasteiger partial charge in [0, 0.05) is 13.6 Å². The second-order valence-electron chi connectivity index (χ2n) is 6.88. The first-order valence-corrected chi connectivity index (χ1v) is 9.05. The minimum Gasteiger partial charge on any atom is -0.488 e. The molecule has 0 unspecified atom stereocenters. The number of hydrogen-bond donors (Lipinski definition) is 0. The Bertz CT molecular complexity index is 1010. The van der Waals surface area contributed by atoms with Crippen LogP contribution in [-0.4, -0.2) is 35.7 Å². The van der Waals surface area contributed by atoms with Crippen molar-refractivity contribution in [1.29, 1.82) is 0 Å². The Balaban J connectivity index is 1.91. The van der Waals surface area contributed by atoms with Gasteiger partial charge in [0.05, 0.1) is 23.2 Å². The SMILES string of the molecule is Cc1noc(C)c1COc1cc2ccccc2cc1C(=O)N(C)CCC(F)(F)F. The van der Waals surface area contributed by atoms with Crippen LogP contribution in [0.5, 0.6) is 5.75 Å². The van der Waals surface area contributed by atoms with Crippen molar-refractivity contribution in [1.82, 2.24) is 10.1 Å². The number of benzene rings is 2. The lowest BCUT2D eigenvalue weighted by atomic mass is 10.0. The highest BCUT2D eigenvalue weighted by Crippen LogP contribution is 2.29. The number of amides is 1. The molecule has 29 heavy (non-hydrogen) atoms. The Labute approximate surface area is 166 Å². The highest BCUT2D eigenvalue weighted by Gasteiger charge is 2.29. The van der Waals surface area contributed by atoms with Gasteiger partial charge in [-0.1, -0.05) is 29.4 Å². The van der Waals surface area contributed by atoms with Crippen molar-refractivity contribution in [3.05, 3.63) is 59.0 Å². The average Bonchev–Trinajstić information content (AvgIpc) is 3.00. The van der Waals surface area contributed by atoms with Crippen molar-refractivity contribution in [2.75, 3.05) is 13.6 Å². The third-order valence-corrected chi connectivity index (χ3v) is 4.71. The molecule has 0 bridgehead atoms. The zero-order chi connectivity index (χ0) is 21.2. The van der Waals surface area contributed by atoms with E-state index in [-0.39, 0.29) is 12.2 Å². The van der Waals surface area contributed by atoms with Crippen LogP contribution in [0.25, 0.3) is 10.8 Å². The first-order chi connectivity index (χ1) is 13.7. The predicted molar refractivity (Wildman–Crippen MR) is 102 cm³/mol. The van der Waals surface area contributed by atoms with Crippen LogP contribution in [0.3, 0.4) is 0 Å². The highest BCUT2D eigenvalue weighted by atomic mass is 19.4. The van der Waals surface area contributed by atoms with Crippen LogP contribution in [-0.2, 0) is 6.61 Å². The van der Waals surface area contributed by atoms with E-state index in [4.69, 9.17) is 9.26 Å². The molecule has 154 valence electrons. The zero-order valence-electron chi connectivity index (χ0n) is 16.3. The average molecular weight is 406 g/mol. The fourth-order valence-corrected chi connectivity index (χ4v) is 2.97. The van der Waals surface area contributed by atoms with E-state index in [0.717, 1.165) is 21.2 Å². The van der Waals surface area contributed by atoms with Crippen LogP contribution in [0.2, 0.25) is 0 Å². The summed E-state index contributed by atoms with van der Waals surface area (Å²) in [5.74, 6) is 0.375. The van der Waals surface area contributed by atoms with Crippen molar-refractivity contribution < 1.29 is 27.2 Å². The predicted octanol–water partition coefficient (Wildman–Crippen LogP) is 5.05. The Morgan fingerprint density at radius 2 is 1.83 bits per heavy atom. The number of fused-ring (bicyclic) bond motifs is 1. The second-order valence-corrected chi connectivity index (χ2v) is 6.88. The number of carbonyl (C=O) groups is 1. The van der Waals surface area contributed by atoms with E-state index in [0.29, 0.717) is 17.2 Å². The maximum Gasteiger partial charge on any atom is 0.390 e. The summed E-state index contributed by atoms with van der Waals surface area (Å²) in [6, 6.07) is 10.8. The molecule has 1 heterocycles. The quantitative estimate of drug-likeness (QED) is 0.575. The van der Waals surface area contributed by atoms with Crippen LogP contribution in [0.4, 0.5) is 13.2 Å². The van der Waals surface area contributed by atoms with Crippen LogP contribution in [0.15, 0.2) is 40.9 Å². The summed E-state index contributed by atoms with van der Waals surface area (Å²) >= 11 is 0. The Morgan fingerprint density at radius 1 is 1.17 bits per heavy atom. The van der Waals surface area contributed by atoms with Gasteiger partial charge in [0.25, 0.3) is 5.91 Å². The minimum atomic E-state index is -4.33. The molecule has 0 saturated heterocycles. The molecule has 1 amide bonds. The molecule has 0 radical (unpaired) electrons. The molecule has 0 N–H and O–H groups in total. The van der Waals surface area contributed by atoms with Crippen LogP contribution >= 0.6 is 0 Å². The molecular weight excluding hydrogens is 385 g/mol. The Hall–Kier alpha value is -3.03. The molecule has 3 rings (SSSR count). The summed E-state index contributed by atoms with van der Waals surface area (Å²) in [6.45, 7) is 3.24. The smallest absolute Gasteiger partial charge is 0.390 e. The van der Waals surface area contributed by atoms with E-state index in [1.54, 1.807) is 26.0 Å². The zero-order valence-corrected chi connectivity index (χ0v) is 16.3. The van der Waals surface area contributed by atoms with Gasteiger partial charge in [0.1, 0.15) is 18.1 Å². The number of aryl methyl sites for hydroxylation is 2. The highest BCUT2D eigenvalue weighted by molar-refractivity contribution is 6.01. The van der Waals surface area contributed by atoms with E-state index in [9.17, 15) is 18.0 Å². The van der Waals surface area contributed by atoms with Crippen molar-refractivity contribution in [3.8, 4) is 5.75 Å². The molecule has 0 aliphatic carbocycles. The molecule has 1 aromatic heterocycles. The lowest BCUT2D eigenvalue weighted by molar-refractivity contribution is -0.136. The van der Waals surface area contributed by atoms with Gasteiger partial charge in [-0.15, -0.1) is 0 Å². The number of aromatic nitrogens is 1. The summed E-state index contributed by atoms with van der Waals surface area (Å²) < 4.78 is 48.7. The van der Waals surface area contributed by atoms with Gasteiger partial charge in [-0.25, -0.2) is 0 Å². The summed E-state index contributed by atoms with van der Waals surface area (Å²) in [6.07, 6.45) is -5.40. The summed E-state index contributed by atoms with van der Waals surface area (Å²) in [7, 11) is 1.35. The van der Waals surface area contributed by atoms with Crippen molar-refractivity contribution in [2.24, 2.45) is 0 Å². The number of hydrogen-bond acceptors (Lipinski definition) is 4. The fourth-order valence-electron chi connectivity index (χ4n) is 2.97. The lowest BCUT2D eigenvalue weighted by Gasteiger charge is -2.20. The first-order valence-electron chi connectivity index (χ1n) is 9.05. The van der Waals surface area contributed by atoms with Gasteiger partial charge < -0.3 is 14.2 Å². The number of nitrogens with zero attached hydrogens (tertiary/aromatic N) is 2. The summed E-state index contributed by atoms with van der Waals surface area (Å²) in [5, 5.41) is 5.53. The molecule has 2 aromatic carbocycles. The number of rotatable bonds is 6. The maximum atomic E-state index is 12.9. The van der Waals surface area contributed by atoms with E-state index in [1.807, 2.05) is 24.3 Å². The van der Waals surface area contributed by atoms with E-state index in [2.05, 4.69) is 5.16 Å². The van der Waals surface area contributed by atoms with Gasteiger partial charge in [0.15, 0.2) is 0 Å². The molecule has 5 nitrogen and oxygen atoms in total. The Morgan fingerprint density at radius 3 is 2.41 bits per heavy atom.